The predicted molar refractivity (Wildman–Crippen MR) is 114 cm³/mol. The number of aliphatic hydroxyl groups excluding tert-OH is 1. The predicted octanol–water partition coefficient (Wildman–Crippen LogP) is 4.87. The summed E-state index contributed by atoms with van der Waals surface area (Å²) in [7, 11) is 0. The van der Waals surface area contributed by atoms with Crippen molar-refractivity contribution in [1.29, 1.82) is 0 Å². The zero-order valence-electron chi connectivity index (χ0n) is 18.2. The van der Waals surface area contributed by atoms with Crippen molar-refractivity contribution < 1.29 is 9.90 Å². The summed E-state index contributed by atoms with van der Waals surface area (Å²) in [6, 6.07) is 2.02. The minimum Gasteiger partial charge on any atom is -0.393 e. The molecule has 4 saturated carbocycles. The fourth-order valence-corrected chi connectivity index (χ4v) is 7.94. The number of ketones is 1. The third-order valence-corrected chi connectivity index (χ3v) is 9.65. The number of fused-ring (bicyclic) bond motifs is 5. The Balaban J connectivity index is 1.45. The highest BCUT2D eigenvalue weighted by Gasteiger charge is 2.61. The Morgan fingerprint density at radius 2 is 2.03 bits per heavy atom. The number of carbonyl (C=O) groups excluding carboxylic acids is 1. The quantitative estimate of drug-likeness (QED) is 0.726. The van der Waals surface area contributed by atoms with E-state index in [0.29, 0.717) is 29.0 Å². The van der Waals surface area contributed by atoms with E-state index in [9.17, 15) is 9.90 Å². The Bertz CT molecular complexity index is 842. The highest BCUT2D eigenvalue weighted by atomic mass is 16.3. The normalized spacial score (nSPS) is 45.7. The van der Waals surface area contributed by atoms with Gasteiger partial charge in [-0.1, -0.05) is 13.8 Å². The van der Waals surface area contributed by atoms with Crippen LogP contribution in [0.5, 0.6) is 0 Å². The van der Waals surface area contributed by atoms with Crippen LogP contribution in [0, 0.1) is 34.5 Å². The Kier molecular flexibility index (Phi) is 4.58. The molecule has 0 radical (unpaired) electrons. The molecule has 0 aliphatic heterocycles. The van der Waals surface area contributed by atoms with Gasteiger partial charge in [-0.3, -0.25) is 9.48 Å². The molecule has 0 unspecified atom stereocenters. The van der Waals surface area contributed by atoms with Crippen molar-refractivity contribution in [2.24, 2.45) is 34.5 Å². The molecule has 1 N–H and O–H groups in total. The summed E-state index contributed by atoms with van der Waals surface area (Å²) in [6.07, 6.45) is 12.6. The van der Waals surface area contributed by atoms with Gasteiger partial charge in [-0.25, -0.2) is 0 Å². The minimum absolute atomic E-state index is 0.0931. The van der Waals surface area contributed by atoms with Crippen LogP contribution in [0.4, 0.5) is 0 Å². The van der Waals surface area contributed by atoms with Crippen LogP contribution in [0.1, 0.15) is 77.8 Å². The number of aryl methyl sites for hydroxylation is 1. The molecule has 5 rings (SSSR count). The summed E-state index contributed by atoms with van der Waals surface area (Å²) < 4.78 is 1.98. The van der Waals surface area contributed by atoms with Gasteiger partial charge < -0.3 is 5.11 Å². The van der Waals surface area contributed by atoms with Gasteiger partial charge >= 0.3 is 0 Å². The average Bonchev–Trinajstić information content (AvgIpc) is 3.25. The fourth-order valence-electron chi connectivity index (χ4n) is 7.94. The molecule has 4 aliphatic rings. The lowest BCUT2D eigenvalue weighted by Crippen LogP contribution is -2.54. The topological polar surface area (TPSA) is 55.1 Å². The van der Waals surface area contributed by atoms with Crippen molar-refractivity contribution in [2.45, 2.75) is 84.8 Å². The monoisotopic (exact) mass is 396 g/mol. The van der Waals surface area contributed by atoms with Crippen molar-refractivity contribution in [1.82, 2.24) is 9.78 Å². The number of carbonyl (C=O) groups is 1. The zero-order valence-corrected chi connectivity index (χ0v) is 18.2. The summed E-state index contributed by atoms with van der Waals surface area (Å²) in [5.41, 5.74) is 2.27. The maximum Gasteiger partial charge on any atom is 0.165 e. The first-order valence-corrected chi connectivity index (χ1v) is 11.8. The Hall–Kier alpha value is -1.42. The molecule has 0 bridgehead atoms. The molecule has 4 heteroatoms. The zero-order chi connectivity index (χ0) is 20.4. The van der Waals surface area contributed by atoms with Gasteiger partial charge in [-0.15, -0.1) is 0 Å². The molecule has 4 aliphatic carbocycles. The highest BCUT2D eigenvalue weighted by molar-refractivity contribution is 6.05. The van der Waals surface area contributed by atoms with E-state index in [4.69, 9.17) is 0 Å². The van der Waals surface area contributed by atoms with Crippen molar-refractivity contribution in [2.75, 3.05) is 0 Å². The van der Waals surface area contributed by atoms with Crippen LogP contribution in [0.2, 0.25) is 0 Å². The summed E-state index contributed by atoms with van der Waals surface area (Å²) in [4.78, 5) is 13.5. The lowest BCUT2D eigenvalue weighted by molar-refractivity contribution is -0.141. The van der Waals surface area contributed by atoms with Crippen LogP contribution in [0.3, 0.4) is 0 Å². The van der Waals surface area contributed by atoms with Crippen LogP contribution < -0.4 is 0 Å². The number of allylic oxidation sites excluding steroid dienone is 1. The molecule has 1 aromatic heterocycles. The number of hydrogen-bond acceptors (Lipinski definition) is 3. The van der Waals surface area contributed by atoms with Crippen LogP contribution in [0.15, 0.2) is 17.8 Å². The van der Waals surface area contributed by atoms with Crippen LogP contribution >= 0.6 is 0 Å². The van der Waals surface area contributed by atoms with E-state index in [2.05, 4.69) is 31.9 Å². The average molecular weight is 397 g/mol. The molecule has 1 aromatic rings. The lowest BCUT2D eigenvalue weighted by atomic mass is 9.45. The number of Topliss-reactive ketones (excluding diaryl/α,β-unsaturated/α-hetero) is 1. The van der Waals surface area contributed by atoms with Gasteiger partial charge in [-0.05, 0) is 105 Å². The van der Waals surface area contributed by atoms with E-state index in [-0.39, 0.29) is 11.5 Å². The second-order valence-electron chi connectivity index (χ2n) is 10.8. The van der Waals surface area contributed by atoms with Gasteiger partial charge in [0.05, 0.1) is 11.8 Å². The second-order valence-corrected chi connectivity index (χ2v) is 10.8. The number of hydrogen-bond donors (Lipinski definition) is 1. The molecular weight excluding hydrogens is 360 g/mol. The van der Waals surface area contributed by atoms with Gasteiger partial charge in [0, 0.05) is 18.2 Å². The van der Waals surface area contributed by atoms with E-state index < -0.39 is 0 Å². The Labute approximate surface area is 174 Å². The number of aliphatic hydroxyl groups is 1. The molecule has 0 spiro atoms. The van der Waals surface area contributed by atoms with Crippen LogP contribution in [-0.4, -0.2) is 26.8 Å². The summed E-state index contributed by atoms with van der Waals surface area (Å²) in [5.74, 6) is 2.94. The maximum atomic E-state index is 13.5. The maximum absolute atomic E-state index is 13.5. The Morgan fingerprint density at radius 1 is 1.21 bits per heavy atom. The molecule has 1 heterocycles. The molecule has 0 aromatic carbocycles. The standard InChI is InChI=1S/C25H36N2O2/c1-4-27-18(9-12-26-27)13-16-14-22-20-6-5-17-15-19(28)7-10-24(17,2)21(20)8-11-25(22,3)23(16)29/h9,12-13,17,19-22,28H,4-8,10-11,14-15H2,1-3H3/b16-13+/t17-,19-,20-,21+,22+,24-,25+/m0/s1. The third-order valence-electron chi connectivity index (χ3n) is 9.65. The van der Waals surface area contributed by atoms with Crippen molar-refractivity contribution in [3.63, 3.8) is 0 Å². The Morgan fingerprint density at radius 3 is 2.83 bits per heavy atom. The van der Waals surface area contributed by atoms with Crippen molar-refractivity contribution >= 4 is 11.9 Å². The number of aromatic nitrogens is 2. The van der Waals surface area contributed by atoms with Crippen LogP contribution in [-0.2, 0) is 11.3 Å². The molecule has 7 atom stereocenters. The van der Waals surface area contributed by atoms with Gasteiger partial charge in [0.15, 0.2) is 5.78 Å². The van der Waals surface area contributed by atoms with Crippen molar-refractivity contribution in [3.05, 3.63) is 23.5 Å². The first-order valence-electron chi connectivity index (χ1n) is 11.8. The van der Waals surface area contributed by atoms with E-state index in [1.807, 2.05) is 16.9 Å². The number of nitrogens with zero attached hydrogens (tertiary/aromatic N) is 2. The summed E-state index contributed by atoms with van der Waals surface area (Å²) >= 11 is 0. The molecule has 0 saturated heterocycles. The van der Waals surface area contributed by atoms with Crippen LogP contribution in [0.25, 0.3) is 6.08 Å². The van der Waals surface area contributed by atoms with Gasteiger partial charge in [-0.2, -0.15) is 5.10 Å². The van der Waals surface area contributed by atoms with Gasteiger partial charge in [0.25, 0.3) is 0 Å². The number of rotatable bonds is 2. The summed E-state index contributed by atoms with van der Waals surface area (Å²) in [6.45, 7) is 7.69. The highest BCUT2D eigenvalue weighted by Crippen LogP contribution is 2.66. The molecule has 4 fully saturated rings. The van der Waals surface area contributed by atoms with Gasteiger partial charge in [0.1, 0.15) is 0 Å². The molecule has 29 heavy (non-hydrogen) atoms. The van der Waals surface area contributed by atoms with E-state index in [1.54, 1.807) is 0 Å². The van der Waals surface area contributed by atoms with E-state index >= 15 is 0 Å². The van der Waals surface area contributed by atoms with Crippen molar-refractivity contribution in [3.8, 4) is 0 Å². The molecular formula is C25H36N2O2. The minimum atomic E-state index is -0.179. The summed E-state index contributed by atoms with van der Waals surface area (Å²) in [5, 5.41) is 14.6. The first-order chi connectivity index (χ1) is 13.9. The third kappa shape index (κ3) is 2.81. The van der Waals surface area contributed by atoms with E-state index in [1.165, 1.54) is 19.3 Å². The fraction of sp³-hybridized carbons (Fsp3) is 0.760. The van der Waals surface area contributed by atoms with E-state index in [0.717, 1.165) is 55.8 Å². The molecule has 4 nitrogen and oxygen atoms in total. The lowest BCUT2D eigenvalue weighted by Gasteiger charge is -2.59. The SMILES string of the molecule is CCn1nccc1/C=C1\C[C@@H]2[C@H]3CC[C@H]4C[C@@H](O)CC[C@]4(C)[C@@H]3CC[C@@]2(C)C1=O. The second kappa shape index (κ2) is 6.80. The van der Waals surface area contributed by atoms with Gasteiger partial charge in [0.2, 0.25) is 0 Å². The first kappa shape index (κ1) is 19.5. The largest absolute Gasteiger partial charge is 0.393 e. The molecule has 0 amide bonds. The smallest absolute Gasteiger partial charge is 0.165 e. The molecule has 158 valence electrons.